The molecule has 16 heteroatoms. The molecule has 0 unspecified atom stereocenters. The van der Waals surface area contributed by atoms with Crippen LogP contribution in [0.5, 0.6) is 11.5 Å². The van der Waals surface area contributed by atoms with Gasteiger partial charge in [0, 0.05) is 34.3 Å². The summed E-state index contributed by atoms with van der Waals surface area (Å²) in [5, 5.41) is 27.4. The predicted octanol–water partition coefficient (Wildman–Crippen LogP) is 9.74. The molecule has 0 aliphatic heterocycles. The van der Waals surface area contributed by atoms with Gasteiger partial charge in [0.05, 0.1) is 35.6 Å². The van der Waals surface area contributed by atoms with Crippen LogP contribution in [0.4, 0.5) is 0 Å². The first kappa shape index (κ1) is 48.0. The maximum Gasteiger partial charge on any atom is 0.258 e. The number of benzene rings is 5. The van der Waals surface area contributed by atoms with Crippen molar-refractivity contribution in [1.29, 1.82) is 10.5 Å². The first-order valence-electron chi connectivity index (χ1n) is 22.8. The number of nitrogens with one attached hydrogen (secondary N) is 1. The zero-order valence-corrected chi connectivity index (χ0v) is 40.1. The second kappa shape index (κ2) is 20.8. The largest absolute Gasteiger partial charge is 0.490 e. The van der Waals surface area contributed by atoms with Gasteiger partial charge in [-0.25, -0.2) is 13.1 Å². The van der Waals surface area contributed by atoms with E-state index >= 15 is 0 Å². The standard InChI is InChI=1S/C28H26N4O4S.C25H26N4O3/c1-18(2)35-26-14-11-20(15-21(26)16-29)28-30-27(31-36-28)24-10-6-9-23-22(24)12-13-25(23)32-37(33,34)17-19-7-4-3-5-8-19;1-15(2)31-23-11-8-17(12-18(23)13-26)25-27-24(28-32-25)21-7-5-6-20-19(21)9-10-22(20)29(4)14-16(3)30/h3-11,14-15,18,25,32H,12-13,17H2,1-2H3;5-8,11-12,15,22H,9-10,14H2,1-4H3/t25-;22-/m10/s1. The summed E-state index contributed by atoms with van der Waals surface area (Å²) in [6.07, 6.45) is 3.09. The number of likely N-dealkylation sites (N-methyl/N-ethyl adjacent to an activating group) is 1. The molecule has 15 nitrogen and oxygen atoms in total. The molecule has 0 radical (unpaired) electrons. The van der Waals surface area contributed by atoms with E-state index in [2.05, 4.69) is 48.1 Å². The van der Waals surface area contributed by atoms with Gasteiger partial charge in [-0.3, -0.25) is 9.69 Å². The summed E-state index contributed by atoms with van der Waals surface area (Å²) >= 11 is 0. The first-order valence-corrected chi connectivity index (χ1v) is 24.4. The zero-order chi connectivity index (χ0) is 48.8. The number of hydrogen-bond donors (Lipinski definition) is 1. The smallest absolute Gasteiger partial charge is 0.258 e. The van der Waals surface area contributed by atoms with Crippen LogP contribution in [0.15, 0.2) is 112 Å². The Morgan fingerprint density at radius 3 is 1.78 bits per heavy atom. The molecule has 2 heterocycles. The van der Waals surface area contributed by atoms with E-state index in [4.69, 9.17) is 18.5 Å². The Labute approximate surface area is 401 Å². The normalized spacial score (nSPS) is 15.0. The molecule has 0 spiro atoms. The molecular weight excluding hydrogens is 893 g/mol. The second-order valence-corrected chi connectivity index (χ2v) is 19.5. The molecule has 2 aliphatic carbocycles. The Kier molecular flexibility index (Phi) is 14.5. The topological polar surface area (TPSA) is 210 Å². The summed E-state index contributed by atoms with van der Waals surface area (Å²) in [5.41, 5.74) is 8.90. The fraction of sp³-hybridized carbons (Fsp3) is 0.302. The summed E-state index contributed by atoms with van der Waals surface area (Å²) in [6, 6.07) is 35.6. The van der Waals surface area contributed by atoms with Crippen molar-refractivity contribution in [2.45, 2.75) is 90.3 Å². The van der Waals surface area contributed by atoms with Crippen LogP contribution in [0.3, 0.4) is 0 Å². The number of fused-ring (bicyclic) bond motifs is 2. The molecule has 9 rings (SSSR count). The molecule has 69 heavy (non-hydrogen) atoms. The van der Waals surface area contributed by atoms with Gasteiger partial charge in [0.25, 0.3) is 11.8 Å². The highest BCUT2D eigenvalue weighted by Crippen LogP contribution is 2.41. The minimum Gasteiger partial charge on any atom is -0.490 e. The van der Waals surface area contributed by atoms with E-state index in [1.54, 1.807) is 49.4 Å². The second-order valence-electron chi connectivity index (χ2n) is 17.7. The van der Waals surface area contributed by atoms with E-state index in [-0.39, 0.29) is 35.8 Å². The zero-order valence-electron chi connectivity index (χ0n) is 39.3. The highest BCUT2D eigenvalue weighted by atomic mass is 32.2. The van der Waals surface area contributed by atoms with E-state index in [1.165, 1.54) is 11.1 Å². The van der Waals surface area contributed by atoms with E-state index in [0.717, 1.165) is 40.7 Å². The highest BCUT2D eigenvalue weighted by Gasteiger charge is 2.31. The van der Waals surface area contributed by atoms with Crippen LogP contribution in [0.2, 0.25) is 0 Å². The monoisotopic (exact) mass is 944 g/mol. The molecule has 1 N–H and O–H groups in total. The summed E-state index contributed by atoms with van der Waals surface area (Å²) in [4.78, 5) is 22.9. The van der Waals surface area contributed by atoms with Gasteiger partial charge in [-0.2, -0.15) is 20.5 Å². The number of rotatable bonds is 15. The molecule has 5 aromatic carbocycles. The number of hydrogen-bond acceptors (Lipinski definition) is 14. The van der Waals surface area contributed by atoms with Crippen molar-refractivity contribution >= 4 is 15.8 Å². The Morgan fingerprint density at radius 2 is 1.26 bits per heavy atom. The molecule has 0 saturated heterocycles. The molecule has 2 atom stereocenters. The third kappa shape index (κ3) is 11.1. The van der Waals surface area contributed by atoms with Gasteiger partial charge in [-0.1, -0.05) is 77.0 Å². The van der Waals surface area contributed by atoms with E-state index in [1.807, 2.05) is 89.3 Å². The Balaban J connectivity index is 0.000000188. The average molecular weight is 945 g/mol. The van der Waals surface area contributed by atoms with Crippen molar-refractivity contribution in [2.24, 2.45) is 0 Å². The van der Waals surface area contributed by atoms with E-state index < -0.39 is 10.0 Å². The molecule has 2 aliphatic rings. The van der Waals surface area contributed by atoms with Gasteiger partial charge in [-0.05, 0) is 132 Å². The quantitative estimate of drug-likeness (QED) is 0.101. The maximum atomic E-state index is 12.8. The minimum atomic E-state index is -3.52. The molecule has 352 valence electrons. The third-order valence-corrected chi connectivity index (χ3v) is 13.1. The fourth-order valence-corrected chi connectivity index (χ4v) is 10.3. The van der Waals surface area contributed by atoms with Crippen molar-refractivity contribution in [3.63, 3.8) is 0 Å². The fourth-order valence-electron chi connectivity index (χ4n) is 8.91. The number of aromatic nitrogens is 4. The lowest BCUT2D eigenvalue weighted by Crippen LogP contribution is -2.28. The number of carbonyl (C=O) groups excluding carboxylic acids is 1. The van der Waals surface area contributed by atoms with E-state index in [0.29, 0.717) is 76.6 Å². The molecular formula is C53H52N8O7S. The number of sulfonamides is 1. The molecule has 0 fully saturated rings. The summed E-state index contributed by atoms with van der Waals surface area (Å²) in [7, 11) is -1.54. The average Bonchev–Trinajstić information content (AvgIpc) is 4.16. The van der Waals surface area contributed by atoms with Crippen molar-refractivity contribution in [1.82, 2.24) is 29.9 Å². The molecule has 0 amide bonds. The van der Waals surface area contributed by atoms with Crippen LogP contribution in [0, 0.1) is 22.7 Å². The summed E-state index contributed by atoms with van der Waals surface area (Å²) in [5.74, 6) is 2.70. The first-order chi connectivity index (χ1) is 33.2. The molecule has 7 aromatic rings. The predicted molar refractivity (Wildman–Crippen MR) is 259 cm³/mol. The van der Waals surface area contributed by atoms with Gasteiger partial charge < -0.3 is 18.5 Å². The van der Waals surface area contributed by atoms with Gasteiger partial charge in [-0.15, -0.1) is 0 Å². The van der Waals surface area contributed by atoms with Crippen molar-refractivity contribution in [3.8, 4) is 69.3 Å². The Hall–Kier alpha value is -7.50. The maximum absolute atomic E-state index is 12.8. The number of ketones is 1. The molecule has 2 aromatic heterocycles. The lowest BCUT2D eigenvalue weighted by molar-refractivity contribution is -0.118. The minimum absolute atomic E-state index is 0.0264. The lowest BCUT2D eigenvalue weighted by atomic mass is 10.0. The van der Waals surface area contributed by atoms with E-state index in [9.17, 15) is 23.7 Å². The highest BCUT2D eigenvalue weighted by molar-refractivity contribution is 7.88. The number of ether oxygens (including phenoxy) is 2. The number of Topliss-reactive ketones (excluding diaryl/α,β-unsaturated/α-hetero) is 1. The van der Waals surface area contributed by atoms with Crippen molar-refractivity contribution < 1.29 is 31.7 Å². The van der Waals surface area contributed by atoms with Gasteiger partial charge in [0.2, 0.25) is 21.7 Å². The van der Waals surface area contributed by atoms with Crippen molar-refractivity contribution in [2.75, 3.05) is 13.6 Å². The van der Waals surface area contributed by atoms with Gasteiger partial charge >= 0.3 is 0 Å². The van der Waals surface area contributed by atoms with Crippen LogP contribution in [0.25, 0.3) is 45.7 Å². The summed E-state index contributed by atoms with van der Waals surface area (Å²) < 4.78 is 51.0. The molecule has 0 bridgehead atoms. The van der Waals surface area contributed by atoms with Crippen LogP contribution >= 0.6 is 0 Å². The summed E-state index contributed by atoms with van der Waals surface area (Å²) in [6.45, 7) is 9.67. The van der Waals surface area contributed by atoms with Crippen LogP contribution in [-0.4, -0.2) is 65.2 Å². The van der Waals surface area contributed by atoms with Crippen molar-refractivity contribution in [3.05, 3.63) is 142 Å². The van der Waals surface area contributed by atoms with Gasteiger partial charge in [0.1, 0.15) is 29.4 Å². The lowest BCUT2D eigenvalue weighted by Gasteiger charge is -2.24. The Morgan fingerprint density at radius 1 is 0.739 bits per heavy atom. The SMILES string of the molecule is CC(=O)CN(C)[C@H]1CCc2c(-c3noc(-c4ccc(OC(C)C)c(C#N)c4)n3)cccc21.CC(C)Oc1ccc(-c2nc(-c3cccc4c3CC[C@H]4NS(=O)(=O)Cc3ccccc3)no2)cc1C#N. The van der Waals surface area contributed by atoms with Crippen LogP contribution < -0.4 is 14.2 Å². The molecule has 0 saturated carbocycles. The van der Waals surface area contributed by atoms with Gasteiger partial charge in [0.15, 0.2) is 0 Å². The van der Waals surface area contributed by atoms with Crippen LogP contribution in [-0.2, 0) is 33.4 Å². The van der Waals surface area contributed by atoms with Crippen LogP contribution in [0.1, 0.15) is 98.5 Å². The number of carbonyl (C=O) groups is 1. The third-order valence-electron chi connectivity index (χ3n) is 11.8. The number of nitrogens with zero attached hydrogens (tertiary/aromatic N) is 7. The Bertz CT molecular complexity index is 3190. The number of nitriles is 2.